The summed E-state index contributed by atoms with van der Waals surface area (Å²) < 4.78 is 0. The van der Waals surface area contributed by atoms with Gasteiger partial charge in [0.1, 0.15) is 0 Å². The summed E-state index contributed by atoms with van der Waals surface area (Å²) in [5, 5.41) is 8.44. The van der Waals surface area contributed by atoms with Crippen molar-refractivity contribution in [3.05, 3.63) is 0 Å². The molecule has 1 radical (unpaired) electrons. The predicted molar refractivity (Wildman–Crippen MR) is 69.9 cm³/mol. The minimum Gasteiger partial charge on any atom is -0.481 e. The summed E-state index contributed by atoms with van der Waals surface area (Å²) in [5.41, 5.74) is 0. The molecule has 0 aromatic heterocycles. The Morgan fingerprint density at radius 2 is 1.19 bits per heavy atom. The third-order valence-electron chi connectivity index (χ3n) is 2.74. The maximum absolute atomic E-state index is 10.2. The first-order valence-electron chi connectivity index (χ1n) is 6.49. The van der Waals surface area contributed by atoms with Crippen LogP contribution in [0.4, 0.5) is 0 Å². The number of aliphatic carboxylic acids is 1. The smallest absolute Gasteiger partial charge is 0.303 e. The molecule has 0 fully saturated rings. The van der Waals surface area contributed by atoms with Crippen molar-refractivity contribution in [2.75, 3.05) is 0 Å². The number of hydrogen-bond donors (Lipinski definition) is 1. The van der Waals surface area contributed by atoms with E-state index in [0.717, 1.165) is 12.8 Å². The Morgan fingerprint density at radius 3 is 1.56 bits per heavy atom. The molecule has 3 heteroatoms. The Bertz CT molecular complexity index is 149. The maximum atomic E-state index is 10.2. The average Bonchev–Trinajstić information content (AvgIpc) is 2.20. The number of rotatable bonds is 11. The van der Waals surface area contributed by atoms with Gasteiger partial charge in [-0.2, -0.15) is 0 Å². The summed E-state index contributed by atoms with van der Waals surface area (Å²) in [6, 6.07) is 0. The van der Waals surface area contributed by atoms with Crippen molar-refractivity contribution in [2.45, 2.75) is 77.6 Å². The molecule has 91 valence electrons. The third kappa shape index (κ3) is 16.5. The van der Waals surface area contributed by atoms with E-state index in [1.54, 1.807) is 0 Å². The molecule has 0 rings (SSSR count). The molecule has 1 N–H and O–H groups in total. The number of carboxylic acid groups (broad SMARTS) is 1. The Labute approximate surface area is 112 Å². The van der Waals surface area contributed by atoms with Gasteiger partial charge in [-0.15, -0.1) is 0 Å². The molecule has 0 atom stereocenters. The Balaban J connectivity index is 0. The van der Waals surface area contributed by atoms with E-state index >= 15 is 0 Å². The van der Waals surface area contributed by atoms with Crippen LogP contribution < -0.4 is 0 Å². The summed E-state index contributed by atoms with van der Waals surface area (Å²) in [6.45, 7) is 2.24. The SMILES string of the molecule is CCCCCCCCCCCCC(=O)O.[Li]. The molecule has 0 aliphatic heterocycles. The zero-order valence-corrected chi connectivity index (χ0v) is 11.1. The van der Waals surface area contributed by atoms with Gasteiger partial charge in [-0.05, 0) is 6.42 Å². The fourth-order valence-electron chi connectivity index (χ4n) is 1.76. The standard InChI is InChI=1S/C13H26O2.Li/c1-2-3-4-5-6-7-8-9-10-11-12-13(14)15;/h2-12H2,1H3,(H,14,15);. The van der Waals surface area contributed by atoms with Crippen LogP contribution in [0.5, 0.6) is 0 Å². The van der Waals surface area contributed by atoms with Crippen molar-refractivity contribution >= 4 is 24.8 Å². The summed E-state index contributed by atoms with van der Waals surface area (Å²) >= 11 is 0. The number of carbonyl (C=O) groups is 1. The van der Waals surface area contributed by atoms with Crippen molar-refractivity contribution in [2.24, 2.45) is 0 Å². The van der Waals surface area contributed by atoms with Crippen molar-refractivity contribution in [1.29, 1.82) is 0 Å². The monoisotopic (exact) mass is 221 g/mol. The van der Waals surface area contributed by atoms with E-state index in [1.807, 2.05) is 0 Å². The summed E-state index contributed by atoms with van der Waals surface area (Å²) in [5.74, 6) is -0.658. The summed E-state index contributed by atoms with van der Waals surface area (Å²) in [7, 11) is 0. The predicted octanol–water partition coefficient (Wildman–Crippen LogP) is 4.00. The molecule has 0 saturated carbocycles. The molecule has 0 bridgehead atoms. The average molecular weight is 221 g/mol. The van der Waals surface area contributed by atoms with Gasteiger partial charge in [0.05, 0.1) is 0 Å². The number of carboxylic acids is 1. The van der Waals surface area contributed by atoms with Crippen LogP contribution in [0, 0.1) is 0 Å². The zero-order chi connectivity index (χ0) is 11.4. The van der Waals surface area contributed by atoms with Gasteiger partial charge in [0.2, 0.25) is 0 Å². The van der Waals surface area contributed by atoms with Crippen molar-refractivity contribution in [1.82, 2.24) is 0 Å². The molecule has 0 aromatic rings. The van der Waals surface area contributed by atoms with E-state index in [9.17, 15) is 4.79 Å². The van der Waals surface area contributed by atoms with Gasteiger partial charge in [-0.1, -0.05) is 64.7 Å². The third-order valence-corrected chi connectivity index (χ3v) is 2.74. The van der Waals surface area contributed by atoms with Gasteiger partial charge in [0.15, 0.2) is 0 Å². The van der Waals surface area contributed by atoms with E-state index in [4.69, 9.17) is 5.11 Å². The van der Waals surface area contributed by atoms with Gasteiger partial charge in [-0.25, -0.2) is 0 Å². The minimum atomic E-state index is -0.658. The quantitative estimate of drug-likeness (QED) is 0.423. The van der Waals surface area contributed by atoms with Gasteiger partial charge in [-0.3, -0.25) is 4.79 Å². The summed E-state index contributed by atoms with van der Waals surface area (Å²) in [4.78, 5) is 10.2. The van der Waals surface area contributed by atoms with Crippen LogP contribution in [-0.2, 0) is 4.79 Å². The Morgan fingerprint density at radius 1 is 0.812 bits per heavy atom. The molecular weight excluding hydrogens is 195 g/mol. The molecule has 0 spiro atoms. The first kappa shape index (κ1) is 18.4. The topological polar surface area (TPSA) is 37.3 Å². The molecule has 0 amide bonds. The Kier molecular flexibility index (Phi) is 17.4. The van der Waals surface area contributed by atoms with E-state index in [1.165, 1.54) is 51.4 Å². The van der Waals surface area contributed by atoms with Crippen LogP contribution in [0.1, 0.15) is 77.6 Å². The number of hydrogen-bond acceptors (Lipinski definition) is 1. The van der Waals surface area contributed by atoms with Crippen LogP contribution >= 0.6 is 0 Å². The van der Waals surface area contributed by atoms with Gasteiger partial charge in [0.25, 0.3) is 0 Å². The van der Waals surface area contributed by atoms with Crippen LogP contribution in [0.25, 0.3) is 0 Å². The van der Waals surface area contributed by atoms with Crippen LogP contribution in [0.2, 0.25) is 0 Å². The van der Waals surface area contributed by atoms with E-state index in [-0.39, 0.29) is 18.9 Å². The largest absolute Gasteiger partial charge is 0.481 e. The number of unbranched alkanes of at least 4 members (excludes halogenated alkanes) is 9. The molecule has 16 heavy (non-hydrogen) atoms. The second-order valence-corrected chi connectivity index (χ2v) is 4.33. The fraction of sp³-hybridized carbons (Fsp3) is 0.923. The molecule has 0 saturated heterocycles. The van der Waals surface area contributed by atoms with Gasteiger partial charge >= 0.3 is 5.97 Å². The second kappa shape index (κ2) is 15.1. The van der Waals surface area contributed by atoms with Crippen molar-refractivity contribution in [3.8, 4) is 0 Å². The molecule has 0 aliphatic rings. The maximum Gasteiger partial charge on any atom is 0.303 e. The van der Waals surface area contributed by atoms with Crippen LogP contribution in [-0.4, -0.2) is 29.9 Å². The first-order chi connectivity index (χ1) is 7.27. The first-order valence-corrected chi connectivity index (χ1v) is 6.49. The van der Waals surface area contributed by atoms with E-state index < -0.39 is 5.97 Å². The zero-order valence-electron chi connectivity index (χ0n) is 11.1. The van der Waals surface area contributed by atoms with Gasteiger partial charge in [0, 0.05) is 25.3 Å². The van der Waals surface area contributed by atoms with Gasteiger partial charge < -0.3 is 5.11 Å². The molecule has 0 aliphatic carbocycles. The van der Waals surface area contributed by atoms with Crippen molar-refractivity contribution in [3.63, 3.8) is 0 Å². The molecule has 0 aromatic carbocycles. The van der Waals surface area contributed by atoms with Crippen LogP contribution in [0.3, 0.4) is 0 Å². The molecule has 2 nitrogen and oxygen atoms in total. The fourth-order valence-corrected chi connectivity index (χ4v) is 1.76. The van der Waals surface area contributed by atoms with Crippen LogP contribution in [0.15, 0.2) is 0 Å². The normalized spacial score (nSPS) is 9.81. The minimum absolute atomic E-state index is 0. The van der Waals surface area contributed by atoms with E-state index in [2.05, 4.69) is 6.92 Å². The van der Waals surface area contributed by atoms with Crippen molar-refractivity contribution < 1.29 is 9.90 Å². The summed E-state index contributed by atoms with van der Waals surface area (Å²) in [6.07, 6.45) is 12.9. The molecule has 0 unspecified atom stereocenters. The second-order valence-electron chi connectivity index (χ2n) is 4.33. The Hall–Kier alpha value is 0.0674. The molecule has 0 heterocycles. The molecular formula is C13H26LiO2. The van der Waals surface area contributed by atoms with E-state index in [0.29, 0.717) is 6.42 Å².